The van der Waals surface area contributed by atoms with E-state index < -0.39 is 29.3 Å². The molecule has 2 rings (SSSR count). The quantitative estimate of drug-likeness (QED) is 0.863. The summed E-state index contributed by atoms with van der Waals surface area (Å²) in [5.74, 6) is -0.540. The zero-order valence-corrected chi connectivity index (χ0v) is 13.5. The molecule has 134 valence electrons. The minimum absolute atomic E-state index is 0.0600. The summed E-state index contributed by atoms with van der Waals surface area (Å²) in [6, 6.07) is 4.87. The molecule has 7 heteroatoms. The Hall–Kier alpha value is -1.60. The zero-order chi connectivity index (χ0) is 17.8. The van der Waals surface area contributed by atoms with Crippen LogP contribution in [0, 0.1) is 0 Å². The lowest BCUT2D eigenvalue weighted by Gasteiger charge is -2.32. The highest BCUT2D eigenvalue weighted by Crippen LogP contribution is 2.32. The second kappa shape index (κ2) is 7.53. The second-order valence-electron chi connectivity index (χ2n) is 6.08. The van der Waals surface area contributed by atoms with Crippen molar-refractivity contribution in [1.29, 1.82) is 0 Å². The summed E-state index contributed by atoms with van der Waals surface area (Å²) in [5.41, 5.74) is -2.06. The molecule has 24 heavy (non-hydrogen) atoms. The number of amides is 1. The number of halogens is 3. The van der Waals surface area contributed by atoms with E-state index in [0.717, 1.165) is 6.07 Å². The normalized spacial score (nSPS) is 18.9. The van der Waals surface area contributed by atoms with E-state index >= 15 is 0 Å². The maximum atomic E-state index is 13.1. The van der Waals surface area contributed by atoms with Gasteiger partial charge >= 0.3 is 6.18 Å². The van der Waals surface area contributed by atoms with Gasteiger partial charge in [-0.25, -0.2) is 0 Å². The molecular formula is C17H22F3NO3. The fourth-order valence-electron chi connectivity index (χ4n) is 2.79. The Morgan fingerprint density at radius 2 is 1.96 bits per heavy atom. The van der Waals surface area contributed by atoms with Crippen molar-refractivity contribution in [3.63, 3.8) is 0 Å². The van der Waals surface area contributed by atoms with Crippen LogP contribution in [0.1, 0.15) is 37.3 Å². The first kappa shape index (κ1) is 18.7. The fraction of sp³-hybridized carbons (Fsp3) is 0.588. The highest BCUT2D eigenvalue weighted by molar-refractivity contribution is 5.85. The van der Waals surface area contributed by atoms with E-state index in [1.54, 1.807) is 13.0 Å². The van der Waals surface area contributed by atoms with Crippen molar-refractivity contribution < 1.29 is 27.8 Å². The molecule has 1 saturated heterocycles. The van der Waals surface area contributed by atoms with Crippen LogP contribution in [0.25, 0.3) is 0 Å². The van der Waals surface area contributed by atoms with Gasteiger partial charge in [-0.2, -0.15) is 13.2 Å². The fourth-order valence-corrected chi connectivity index (χ4v) is 2.79. The Morgan fingerprint density at radius 3 is 2.54 bits per heavy atom. The minimum atomic E-state index is -4.43. The van der Waals surface area contributed by atoms with Crippen molar-refractivity contribution >= 4 is 5.91 Å². The largest absolute Gasteiger partial charge is 0.416 e. The molecule has 0 bridgehead atoms. The average molecular weight is 345 g/mol. The lowest BCUT2D eigenvalue weighted by atomic mass is 9.92. The average Bonchev–Trinajstić information content (AvgIpc) is 2.54. The molecular weight excluding hydrogens is 323 g/mol. The summed E-state index contributed by atoms with van der Waals surface area (Å²) < 4.78 is 44.4. The molecule has 0 radical (unpaired) electrons. The molecule has 1 aromatic rings. The summed E-state index contributed by atoms with van der Waals surface area (Å²) in [7, 11) is 0. The number of aliphatic hydroxyl groups is 1. The van der Waals surface area contributed by atoms with E-state index in [-0.39, 0.29) is 38.0 Å². The third-order valence-corrected chi connectivity index (χ3v) is 4.36. The van der Waals surface area contributed by atoms with Crippen LogP contribution in [0.5, 0.6) is 0 Å². The van der Waals surface area contributed by atoms with Crippen LogP contribution in [0.2, 0.25) is 0 Å². The van der Waals surface area contributed by atoms with Crippen LogP contribution < -0.4 is 5.32 Å². The van der Waals surface area contributed by atoms with Gasteiger partial charge in [0.15, 0.2) is 0 Å². The van der Waals surface area contributed by atoms with E-state index in [1.807, 2.05) is 0 Å². The number of benzene rings is 1. The van der Waals surface area contributed by atoms with Crippen molar-refractivity contribution in [3.05, 3.63) is 35.4 Å². The summed E-state index contributed by atoms with van der Waals surface area (Å²) >= 11 is 0. The third-order valence-electron chi connectivity index (χ3n) is 4.36. The monoisotopic (exact) mass is 345 g/mol. The molecule has 0 aromatic heterocycles. The molecule has 0 saturated carbocycles. The number of alkyl halides is 3. The van der Waals surface area contributed by atoms with Crippen molar-refractivity contribution in [1.82, 2.24) is 5.32 Å². The maximum Gasteiger partial charge on any atom is 0.416 e. The van der Waals surface area contributed by atoms with Gasteiger partial charge in [0.2, 0.25) is 0 Å². The number of carbonyl (C=O) groups is 1. The van der Waals surface area contributed by atoms with Gasteiger partial charge in [-0.3, -0.25) is 4.79 Å². The van der Waals surface area contributed by atoms with Crippen molar-refractivity contribution in [2.45, 2.75) is 50.4 Å². The van der Waals surface area contributed by atoms with Crippen molar-refractivity contribution in [2.75, 3.05) is 13.2 Å². The van der Waals surface area contributed by atoms with Gasteiger partial charge in [0.25, 0.3) is 5.91 Å². The van der Waals surface area contributed by atoms with Crippen LogP contribution >= 0.6 is 0 Å². The molecule has 2 N–H and O–H groups in total. The lowest BCUT2D eigenvalue weighted by molar-refractivity contribution is -0.150. The number of rotatable bonds is 5. The minimum Gasteiger partial charge on any atom is -0.381 e. The molecule has 4 nitrogen and oxygen atoms in total. The van der Waals surface area contributed by atoms with Gasteiger partial charge in [0.1, 0.15) is 5.60 Å². The summed E-state index contributed by atoms with van der Waals surface area (Å²) in [4.78, 5) is 12.3. The molecule has 1 heterocycles. The van der Waals surface area contributed by atoms with Gasteiger partial charge in [-0.1, -0.05) is 25.1 Å². The summed E-state index contributed by atoms with van der Waals surface area (Å²) in [6.07, 6.45) is -3.53. The van der Waals surface area contributed by atoms with Gasteiger partial charge in [-0.05, 0) is 24.5 Å². The number of hydrogen-bond donors (Lipinski definition) is 2. The number of carbonyl (C=O) groups excluding carboxylic acids is 1. The predicted octanol–water partition coefficient (Wildman–Crippen LogP) is 2.68. The lowest BCUT2D eigenvalue weighted by Crippen LogP contribution is -2.53. The number of nitrogens with one attached hydrogen (secondary N) is 1. The number of ether oxygens (including phenoxy) is 1. The first-order valence-corrected chi connectivity index (χ1v) is 8.02. The van der Waals surface area contributed by atoms with Crippen LogP contribution in [-0.4, -0.2) is 35.9 Å². The molecule has 0 unspecified atom stereocenters. The Kier molecular flexibility index (Phi) is 5.87. The van der Waals surface area contributed by atoms with E-state index in [9.17, 15) is 23.1 Å². The Balaban J connectivity index is 2.09. The highest BCUT2D eigenvalue weighted by atomic mass is 19.4. The Morgan fingerprint density at radius 1 is 1.33 bits per heavy atom. The van der Waals surface area contributed by atoms with Crippen LogP contribution in [0.4, 0.5) is 13.2 Å². The molecule has 1 atom stereocenters. The van der Waals surface area contributed by atoms with Gasteiger partial charge < -0.3 is 15.2 Å². The molecule has 1 fully saturated rings. The number of hydrogen-bond acceptors (Lipinski definition) is 3. The van der Waals surface area contributed by atoms with E-state index in [2.05, 4.69) is 5.32 Å². The predicted molar refractivity (Wildman–Crippen MR) is 82.4 cm³/mol. The SMILES string of the molecule is CC[C@H](Cc1ccccc1C(F)(F)F)NC(=O)C1(O)CCOCC1. The van der Waals surface area contributed by atoms with E-state index in [4.69, 9.17) is 4.74 Å². The van der Waals surface area contributed by atoms with Gasteiger partial charge in [-0.15, -0.1) is 0 Å². The first-order valence-electron chi connectivity index (χ1n) is 8.02. The topological polar surface area (TPSA) is 58.6 Å². The zero-order valence-electron chi connectivity index (χ0n) is 13.5. The van der Waals surface area contributed by atoms with E-state index in [1.165, 1.54) is 12.1 Å². The molecule has 1 aliphatic rings. The van der Waals surface area contributed by atoms with Crippen LogP contribution in [-0.2, 0) is 22.1 Å². The summed E-state index contributed by atoms with van der Waals surface area (Å²) in [5, 5.41) is 13.1. The van der Waals surface area contributed by atoms with Gasteiger partial charge in [0.05, 0.1) is 5.56 Å². The van der Waals surface area contributed by atoms with Gasteiger partial charge in [0, 0.05) is 32.1 Å². The molecule has 1 aromatic carbocycles. The smallest absolute Gasteiger partial charge is 0.381 e. The molecule has 0 spiro atoms. The standard InChI is InChI=1S/C17H22F3NO3/c1-2-13(21-15(22)16(23)7-9-24-10-8-16)11-12-5-3-4-6-14(12)17(18,19)20/h3-6,13,23H,2,7-11H2,1H3,(H,21,22)/t13-/m1/s1. The van der Waals surface area contributed by atoms with Crippen LogP contribution in [0.3, 0.4) is 0 Å². The molecule has 1 aliphatic heterocycles. The summed E-state index contributed by atoms with van der Waals surface area (Å²) in [6.45, 7) is 2.37. The Labute approximate surface area is 139 Å². The van der Waals surface area contributed by atoms with Crippen molar-refractivity contribution in [2.24, 2.45) is 0 Å². The first-order chi connectivity index (χ1) is 11.3. The van der Waals surface area contributed by atoms with Crippen molar-refractivity contribution in [3.8, 4) is 0 Å². The highest BCUT2D eigenvalue weighted by Gasteiger charge is 2.39. The van der Waals surface area contributed by atoms with E-state index in [0.29, 0.717) is 6.42 Å². The molecule has 1 amide bonds. The Bertz CT molecular complexity index is 568. The second-order valence-corrected chi connectivity index (χ2v) is 6.08. The maximum absolute atomic E-state index is 13.1. The van der Waals surface area contributed by atoms with Crippen LogP contribution in [0.15, 0.2) is 24.3 Å². The third kappa shape index (κ3) is 4.48. The molecule has 0 aliphatic carbocycles.